The SMILES string of the molecule is Cc1cn(C)c2nc(N3CCC4(CC(=Cc5c(-c6c(Cl)cccc6Cl)noc5C5CC5)C4)C3)ccc12. The van der Waals surface area contributed by atoms with Crippen LogP contribution in [0.25, 0.3) is 28.4 Å². The van der Waals surface area contributed by atoms with Gasteiger partial charge in [0.15, 0.2) is 0 Å². The number of allylic oxidation sites excluding steroid dienone is 1. The van der Waals surface area contributed by atoms with Gasteiger partial charge in [0.2, 0.25) is 0 Å². The van der Waals surface area contributed by atoms with Crippen molar-refractivity contribution in [2.75, 3.05) is 18.0 Å². The van der Waals surface area contributed by atoms with E-state index in [0.717, 1.165) is 72.8 Å². The van der Waals surface area contributed by atoms with Gasteiger partial charge in [-0.1, -0.05) is 40.0 Å². The number of pyridine rings is 1. The van der Waals surface area contributed by atoms with Gasteiger partial charge in [0, 0.05) is 48.8 Å². The van der Waals surface area contributed by atoms with E-state index in [-0.39, 0.29) is 0 Å². The van der Waals surface area contributed by atoms with E-state index in [4.69, 9.17) is 32.7 Å². The highest BCUT2D eigenvalue weighted by atomic mass is 35.5. The molecular formula is C29H28Cl2N4O. The van der Waals surface area contributed by atoms with Crippen molar-refractivity contribution in [1.29, 1.82) is 0 Å². The molecule has 2 aliphatic carbocycles. The van der Waals surface area contributed by atoms with Crippen molar-refractivity contribution in [1.82, 2.24) is 14.7 Å². The van der Waals surface area contributed by atoms with E-state index in [1.165, 1.54) is 22.9 Å². The normalized spacial score (nSPS) is 21.6. The second kappa shape index (κ2) is 8.12. The zero-order chi connectivity index (χ0) is 24.6. The summed E-state index contributed by atoms with van der Waals surface area (Å²) in [6.07, 6.45) is 10.2. The Balaban J connectivity index is 1.14. The second-order valence-corrected chi connectivity index (χ2v) is 11.8. The summed E-state index contributed by atoms with van der Waals surface area (Å²) < 4.78 is 7.99. The smallest absolute Gasteiger partial charge is 0.147 e. The zero-order valence-corrected chi connectivity index (χ0v) is 22.0. The maximum Gasteiger partial charge on any atom is 0.147 e. The molecular weight excluding hydrogens is 491 g/mol. The van der Waals surface area contributed by atoms with Crippen molar-refractivity contribution >= 4 is 46.1 Å². The van der Waals surface area contributed by atoms with E-state index < -0.39 is 0 Å². The van der Waals surface area contributed by atoms with Crippen molar-refractivity contribution in [2.45, 2.75) is 44.9 Å². The maximum absolute atomic E-state index is 6.55. The van der Waals surface area contributed by atoms with Crippen LogP contribution in [-0.2, 0) is 7.05 Å². The highest BCUT2D eigenvalue weighted by molar-refractivity contribution is 6.39. The lowest BCUT2D eigenvalue weighted by atomic mass is 9.64. The summed E-state index contributed by atoms with van der Waals surface area (Å²) in [6, 6.07) is 9.98. The molecule has 1 spiro atoms. The number of rotatable bonds is 4. The molecule has 0 unspecified atom stereocenters. The Morgan fingerprint density at radius 3 is 2.64 bits per heavy atom. The number of hydrogen-bond donors (Lipinski definition) is 0. The average Bonchev–Trinajstić information content (AvgIpc) is 3.34. The van der Waals surface area contributed by atoms with Crippen LogP contribution in [0.3, 0.4) is 0 Å². The molecule has 3 aliphatic rings. The van der Waals surface area contributed by atoms with Crippen LogP contribution in [0.15, 0.2) is 46.6 Å². The van der Waals surface area contributed by atoms with Crippen molar-refractivity contribution in [3.63, 3.8) is 0 Å². The lowest BCUT2D eigenvalue weighted by Crippen LogP contribution is -2.35. The van der Waals surface area contributed by atoms with Gasteiger partial charge in [0.1, 0.15) is 22.9 Å². The lowest BCUT2D eigenvalue weighted by molar-refractivity contribution is 0.243. The Kier molecular flexibility index (Phi) is 5.06. The summed E-state index contributed by atoms with van der Waals surface area (Å²) in [7, 11) is 2.07. The predicted octanol–water partition coefficient (Wildman–Crippen LogP) is 7.79. The minimum atomic E-state index is 0.325. The van der Waals surface area contributed by atoms with E-state index in [1.54, 1.807) is 0 Å². The van der Waals surface area contributed by atoms with E-state index in [1.807, 2.05) is 18.2 Å². The van der Waals surface area contributed by atoms with Gasteiger partial charge in [0.25, 0.3) is 0 Å². The fourth-order valence-corrected chi connectivity index (χ4v) is 6.82. The second-order valence-electron chi connectivity index (χ2n) is 11.0. The molecule has 0 bridgehead atoms. The molecule has 3 fully saturated rings. The van der Waals surface area contributed by atoms with Crippen molar-refractivity contribution < 1.29 is 4.52 Å². The number of aromatic nitrogens is 3. The first kappa shape index (κ1) is 22.4. The number of nitrogens with zero attached hydrogens (tertiary/aromatic N) is 4. The van der Waals surface area contributed by atoms with Gasteiger partial charge in [-0.2, -0.15) is 0 Å². The quantitative estimate of drug-likeness (QED) is 0.276. The summed E-state index contributed by atoms with van der Waals surface area (Å²) >= 11 is 13.1. The molecule has 7 rings (SSSR count). The molecule has 5 nitrogen and oxygen atoms in total. The van der Waals surface area contributed by atoms with Crippen molar-refractivity contribution in [3.8, 4) is 11.3 Å². The van der Waals surface area contributed by atoms with Gasteiger partial charge in [-0.25, -0.2) is 4.98 Å². The molecule has 1 aromatic carbocycles. The molecule has 1 saturated heterocycles. The van der Waals surface area contributed by atoms with Gasteiger partial charge < -0.3 is 14.0 Å². The highest BCUT2D eigenvalue weighted by Gasteiger charge is 2.46. The van der Waals surface area contributed by atoms with E-state index in [2.05, 4.69) is 53.0 Å². The molecule has 0 amide bonds. The first-order chi connectivity index (χ1) is 17.4. The van der Waals surface area contributed by atoms with E-state index in [0.29, 0.717) is 21.4 Å². The summed E-state index contributed by atoms with van der Waals surface area (Å²) in [5.41, 5.74) is 6.71. The van der Waals surface area contributed by atoms with Crippen LogP contribution in [-0.4, -0.2) is 27.8 Å². The molecule has 1 aliphatic heterocycles. The first-order valence-electron chi connectivity index (χ1n) is 12.7. The Labute approximate surface area is 220 Å². The van der Waals surface area contributed by atoms with Gasteiger partial charge >= 0.3 is 0 Å². The summed E-state index contributed by atoms with van der Waals surface area (Å²) in [5.74, 6) is 2.53. The van der Waals surface area contributed by atoms with Gasteiger partial charge in [-0.05, 0) is 80.3 Å². The van der Waals surface area contributed by atoms with Gasteiger partial charge in [0.05, 0.1) is 10.0 Å². The predicted molar refractivity (Wildman–Crippen MR) is 146 cm³/mol. The third kappa shape index (κ3) is 3.59. The van der Waals surface area contributed by atoms with Crippen LogP contribution in [0, 0.1) is 12.3 Å². The Hall–Kier alpha value is -2.76. The fraction of sp³-hybridized carbons (Fsp3) is 0.379. The molecule has 4 heterocycles. The zero-order valence-electron chi connectivity index (χ0n) is 20.5. The Morgan fingerprint density at radius 2 is 1.89 bits per heavy atom. The lowest BCUT2D eigenvalue weighted by Gasteiger charge is -2.41. The summed E-state index contributed by atoms with van der Waals surface area (Å²) in [5, 5.41) is 6.89. The van der Waals surface area contributed by atoms with Crippen LogP contribution in [0.5, 0.6) is 0 Å². The Morgan fingerprint density at radius 1 is 1.11 bits per heavy atom. The summed E-state index contributed by atoms with van der Waals surface area (Å²) in [4.78, 5) is 7.47. The number of fused-ring (bicyclic) bond motifs is 1. The third-order valence-electron chi connectivity index (χ3n) is 8.23. The molecule has 0 radical (unpaired) electrons. The van der Waals surface area contributed by atoms with Crippen LogP contribution < -0.4 is 4.90 Å². The maximum atomic E-state index is 6.55. The largest absolute Gasteiger partial charge is 0.360 e. The first-order valence-corrected chi connectivity index (χ1v) is 13.5. The monoisotopic (exact) mass is 518 g/mol. The average molecular weight is 519 g/mol. The van der Waals surface area contributed by atoms with E-state index >= 15 is 0 Å². The van der Waals surface area contributed by atoms with Crippen LogP contribution in [0.2, 0.25) is 10.0 Å². The molecule has 3 aromatic heterocycles. The fourth-order valence-electron chi connectivity index (χ4n) is 6.24. The number of hydrogen-bond acceptors (Lipinski definition) is 4. The van der Waals surface area contributed by atoms with Crippen LogP contribution in [0.1, 0.15) is 54.9 Å². The number of benzene rings is 1. The summed E-state index contributed by atoms with van der Waals surface area (Å²) in [6.45, 7) is 4.25. The number of halogens is 2. The molecule has 184 valence electrons. The topological polar surface area (TPSA) is 47.1 Å². The van der Waals surface area contributed by atoms with Crippen LogP contribution in [0.4, 0.5) is 5.82 Å². The van der Waals surface area contributed by atoms with Crippen molar-refractivity contribution in [2.24, 2.45) is 12.5 Å². The minimum absolute atomic E-state index is 0.325. The highest BCUT2D eigenvalue weighted by Crippen LogP contribution is 2.54. The molecule has 2 saturated carbocycles. The van der Waals surface area contributed by atoms with Gasteiger partial charge in [-0.3, -0.25) is 0 Å². The van der Waals surface area contributed by atoms with Gasteiger partial charge in [-0.15, -0.1) is 0 Å². The molecule has 7 heteroatoms. The number of anilines is 1. The third-order valence-corrected chi connectivity index (χ3v) is 8.86. The van der Waals surface area contributed by atoms with Crippen LogP contribution >= 0.6 is 23.2 Å². The Bertz CT molecular complexity index is 1520. The standard InChI is InChI=1S/C29H28Cl2N4O/c1-17-15-34(2)28-20(17)8-9-24(32-28)35-11-10-29(16-35)13-18(14-29)12-21-26(33-36-27(21)19-6-7-19)25-22(30)4-3-5-23(25)31/h3-5,8-9,12,15,19H,6-7,10-11,13-14,16H2,1-2H3. The molecule has 36 heavy (non-hydrogen) atoms. The molecule has 0 atom stereocenters. The number of aryl methyl sites for hydroxylation is 2. The minimum Gasteiger partial charge on any atom is -0.360 e. The van der Waals surface area contributed by atoms with E-state index in [9.17, 15) is 0 Å². The molecule has 0 N–H and O–H groups in total. The molecule has 4 aromatic rings. The van der Waals surface area contributed by atoms with Crippen molar-refractivity contribution in [3.05, 3.63) is 69.0 Å².